The molecule has 1 aromatic heterocycles. The molecular formula is C30H30ClN3O9S. The van der Waals surface area contributed by atoms with Gasteiger partial charge >= 0.3 is 23.9 Å². The highest BCUT2D eigenvalue weighted by atomic mass is 35.5. The van der Waals surface area contributed by atoms with Gasteiger partial charge in [0.25, 0.3) is 0 Å². The molecule has 2 heterocycles. The van der Waals surface area contributed by atoms with Gasteiger partial charge in [0.05, 0.1) is 5.69 Å². The monoisotopic (exact) mass is 643 g/mol. The molecule has 0 amide bonds. The van der Waals surface area contributed by atoms with Crippen LogP contribution >= 0.6 is 23.8 Å². The van der Waals surface area contributed by atoms with Gasteiger partial charge in [-0.3, -0.25) is 19.2 Å². The topological polar surface area (TPSA) is 145 Å². The minimum Gasteiger partial charge on any atom is -0.463 e. The predicted molar refractivity (Wildman–Crippen MR) is 158 cm³/mol. The molecule has 0 unspecified atom stereocenters. The van der Waals surface area contributed by atoms with E-state index in [0.717, 1.165) is 26.3 Å². The highest BCUT2D eigenvalue weighted by molar-refractivity contribution is 7.71. The number of hydrogen-bond acceptors (Lipinski definition) is 12. The summed E-state index contributed by atoms with van der Waals surface area (Å²) in [6.07, 6.45) is -6.35. The lowest BCUT2D eigenvalue weighted by Crippen LogP contribution is -2.60. The summed E-state index contributed by atoms with van der Waals surface area (Å²) in [6, 6.07) is 16.2. The van der Waals surface area contributed by atoms with Crippen molar-refractivity contribution in [2.24, 2.45) is 0 Å². The van der Waals surface area contributed by atoms with Gasteiger partial charge in [0.15, 0.2) is 30.4 Å². The second kappa shape index (κ2) is 14.5. The predicted octanol–water partition coefficient (Wildman–Crippen LogP) is 4.17. The molecule has 0 radical (unpaired) electrons. The van der Waals surface area contributed by atoms with Crippen LogP contribution in [0.5, 0.6) is 0 Å². The molecule has 4 rings (SSSR count). The smallest absolute Gasteiger partial charge is 0.303 e. The number of ether oxygens (including phenoxy) is 5. The van der Waals surface area contributed by atoms with Crippen LogP contribution in [0.15, 0.2) is 54.6 Å². The van der Waals surface area contributed by atoms with E-state index in [-0.39, 0.29) is 16.9 Å². The van der Waals surface area contributed by atoms with Crippen LogP contribution in [0.25, 0.3) is 11.4 Å². The first-order valence-electron chi connectivity index (χ1n) is 13.5. The molecule has 0 saturated carbocycles. The first-order chi connectivity index (χ1) is 20.9. The zero-order valence-electron chi connectivity index (χ0n) is 24.3. The molecule has 0 bridgehead atoms. The normalized spacial score (nSPS) is 21.2. The molecule has 5 atom stereocenters. The molecule has 3 aromatic rings. The Labute approximate surface area is 263 Å². The third kappa shape index (κ3) is 8.24. The number of carbonyl (C=O) groups excluding carboxylic acids is 4. The van der Waals surface area contributed by atoms with Crippen molar-refractivity contribution in [3.8, 4) is 11.4 Å². The Morgan fingerprint density at radius 3 is 2.02 bits per heavy atom. The van der Waals surface area contributed by atoms with Crippen LogP contribution in [0.3, 0.4) is 0 Å². The summed E-state index contributed by atoms with van der Waals surface area (Å²) in [5.74, 6) is -2.59. The minimum absolute atomic E-state index is 0.125. The maximum atomic E-state index is 12.4. The SMILES string of the molecule is CC(=O)OC[C@H]1O[C@@H](n2nc(-c3ccccc3)nc(Cc3ccc(Cl)cc3)c2=S)[C@H](OC(C)=O)[C@@H](OC(C)=O)[C@@H]1OC(C)=O. The van der Waals surface area contributed by atoms with E-state index in [1.807, 2.05) is 42.5 Å². The van der Waals surface area contributed by atoms with Gasteiger partial charge in [-0.15, -0.1) is 5.10 Å². The van der Waals surface area contributed by atoms with Crippen molar-refractivity contribution in [1.29, 1.82) is 0 Å². The van der Waals surface area contributed by atoms with Crippen LogP contribution in [0.4, 0.5) is 0 Å². The maximum Gasteiger partial charge on any atom is 0.303 e. The molecule has 14 heteroatoms. The Bertz CT molecular complexity index is 1580. The van der Waals surface area contributed by atoms with Gasteiger partial charge < -0.3 is 23.7 Å². The van der Waals surface area contributed by atoms with E-state index >= 15 is 0 Å². The van der Waals surface area contributed by atoms with Crippen LogP contribution in [0, 0.1) is 4.64 Å². The van der Waals surface area contributed by atoms with Crippen LogP contribution < -0.4 is 0 Å². The minimum atomic E-state index is -1.40. The number of hydrogen-bond donors (Lipinski definition) is 0. The third-order valence-corrected chi connectivity index (χ3v) is 7.10. The molecule has 0 aliphatic carbocycles. The largest absolute Gasteiger partial charge is 0.463 e. The third-order valence-electron chi connectivity index (χ3n) is 6.42. The van der Waals surface area contributed by atoms with Crippen LogP contribution in [0.2, 0.25) is 5.02 Å². The zero-order chi connectivity index (χ0) is 32.0. The molecule has 1 aliphatic heterocycles. The first-order valence-corrected chi connectivity index (χ1v) is 14.3. The summed E-state index contributed by atoms with van der Waals surface area (Å²) in [5, 5.41) is 5.24. The van der Waals surface area contributed by atoms with E-state index in [9.17, 15) is 19.2 Å². The summed E-state index contributed by atoms with van der Waals surface area (Å²) >= 11 is 11.9. The summed E-state index contributed by atoms with van der Waals surface area (Å²) in [6.45, 7) is 4.26. The fourth-order valence-corrected chi connectivity index (χ4v) is 5.06. The van der Waals surface area contributed by atoms with Crippen molar-refractivity contribution in [3.63, 3.8) is 0 Å². The van der Waals surface area contributed by atoms with Crippen molar-refractivity contribution in [1.82, 2.24) is 14.8 Å². The van der Waals surface area contributed by atoms with Gasteiger partial charge in [0.1, 0.15) is 17.4 Å². The first kappa shape index (κ1) is 32.7. The Morgan fingerprint density at radius 1 is 0.841 bits per heavy atom. The molecule has 12 nitrogen and oxygen atoms in total. The van der Waals surface area contributed by atoms with E-state index in [1.54, 1.807) is 12.1 Å². The van der Waals surface area contributed by atoms with Gasteiger partial charge in [-0.25, -0.2) is 9.67 Å². The highest BCUT2D eigenvalue weighted by Gasteiger charge is 2.53. The van der Waals surface area contributed by atoms with E-state index in [2.05, 4.69) is 5.10 Å². The van der Waals surface area contributed by atoms with Crippen molar-refractivity contribution < 1.29 is 42.9 Å². The molecule has 0 N–H and O–H groups in total. The fourth-order valence-electron chi connectivity index (χ4n) is 4.67. The standard InChI is InChI=1S/C30H30ClN3O9S/c1-16(35)39-15-24-25(40-17(2)36)26(41-18(3)37)27(42-19(4)38)29(43-24)34-30(44)23(14-20-10-12-22(31)13-11-20)32-28(33-34)21-8-6-5-7-9-21/h5-13,24-27,29H,14-15H2,1-4H3/t24-,25-,26+,27-,29-/m1/s1. The number of benzene rings is 2. The van der Waals surface area contributed by atoms with Gasteiger partial charge in [-0.2, -0.15) is 0 Å². The quantitative estimate of drug-likeness (QED) is 0.187. The van der Waals surface area contributed by atoms with E-state index in [0.29, 0.717) is 16.3 Å². The zero-order valence-corrected chi connectivity index (χ0v) is 25.9. The molecule has 1 aliphatic rings. The number of halogens is 1. The molecule has 0 spiro atoms. The Kier molecular flexibility index (Phi) is 10.8. The summed E-state index contributed by atoms with van der Waals surface area (Å²) in [7, 11) is 0. The van der Waals surface area contributed by atoms with Crippen molar-refractivity contribution in [3.05, 3.63) is 75.5 Å². The van der Waals surface area contributed by atoms with Crippen LogP contribution in [0.1, 0.15) is 45.2 Å². The lowest BCUT2D eigenvalue weighted by atomic mass is 9.97. The van der Waals surface area contributed by atoms with Crippen molar-refractivity contribution in [2.75, 3.05) is 6.61 Å². The molecule has 232 valence electrons. The van der Waals surface area contributed by atoms with Gasteiger partial charge in [0, 0.05) is 44.7 Å². The lowest BCUT2D eigenvalue weighted by Gasteiger charge is -2.44. The number of esters is 4. The molecule has 44 heavy (non-hydrogen) atoms. The van der Waals surface area contributed by atoms with Crippen LogP contribution in [-0.4, -0.2) is 69.7 Å². The van der Waals surface area contributed by atoms with Gasteiger partial charge in [-0.1, -0.05) is 66.3 Å². The Morgan fingerprint density at radius 2 is 1.43 bits per heavy atom. The summed E-state index contributed by atoms with van der Waals surface area (Å²) in [4.78, 5) is 53.3. The number of rotatable bonds is 9. The molecule has 1 saturated heterocycles. The Balaban J connectivity index is 1.92. The Hall–Kier alpha value is -4.20. The van der Waals surface area contributed by atoms with E-state index in [4.69, 9.17) is 52.5 Å². The second-order valence-corrected chi connectivity index (χ2v) is 10.7. The average Bonchev–Trinajstić information content (AvgIpc) is 2.96. The number of aromatic nitrogens is 3. The summed E-state index contributed by atoms with van der Waals surface area (Å²) in [5.41, 5.74) is 1.94. The maximum absolute atomic E-state index is 12.4. The van der Waals surface area contributed by atoms with Crippen LogP contribution in [-0.2, 0) is 49.3 Å². The lowest BCUT2D eigenvalue weighted by molar-refractivity contribution is -0.270. The number of carbonyl (C=O) groups is 4. The fraction of sp³-hybridized carbons (Fsp3) is 0.367. The second-order valence-electron chi connectivity index (χ2n) is 9.89. The van der Waals surface area contributed by atoms with E-state index in [1.165, 1.54) is 11.6 Å². The average molecular weight is 644 g/mol. The highest BCUT2D eigenvalue weighted by Crippen LogP contribution is 2.35. The van der Waals surface area contributed by atoms with Crippen molar-refractivity contribution >= 4 is 47.7 Å². The molecule has 2 aromatic carbocycles. The van der Waals surface area contributed by atoms with Gasteiger partial charge in [-0.05, 0) is 17.7 Å². The van der Waals surface area contributed by atoms with Gasteiger partial charge in [0.2, 0.25) is 0 Å². The molecular weight excluding hydrogens is 614 g/mol. The number of nitrogens with zero attached hydrogens (tertiary/aromatic N) is 3. The summed E-state index contributed by atoms with van der Waals surface area (Å²) < 4.78 is 29.7. The molecule has 1 fully saturated rings. The van der Waals surface area contributed by atoms with Crippen molar-refractivity contribution in [2.45, 2.75) is 64.8 Å². The van der Waals surface area contributed by atoms with E-state index < -0.39 is 61.1 Å².